The second kappa shape index (κ2) is 6.32. The summed E-state index contributed by atoms with van der Waals surface area (Å²) < 4.78 is 4.94. The molecule has 0 radical (unpaired) electrons. The van der Waals surface area contributed by atoms with Gasteiger partial charge in [0.25, 0.3) is 0 Å². The molecule has 3 unspecified atom stereocenters. The minimum absolute atomic E-state index is 0.365. The summed E-state index contributed by atoms with van der Waals surface area (Å²) in [6.07, 6.45) is 1.91. The Morgan fingerprint density at radius 3 is 2.78 bits per heavy atom. The van der Waals surface area contributed by atoms with Crippen molar-refractivity contribution in [2.24, 2.45) is 0 Å². The van der Waals surface area contributed by atoms with Crippen LogP contribution in [0.4, 0.5) is 0 Å². The standard InChI is InChI=1S/C15H23NO2/c1-11-7-8-15(16-9-12(17)10-18-2)14-6-4-3-5-13(11)14/h3-6,11-12,15-17H,7-10H2,1-2H3. The van der Waals surface area contributed by atoms with E-state index in [-0.39, 0.29) is 0 Å². The fraction of sp³-hybridized carbons (Fsp3) is 0.600. The molecule has 1 aliphatic carbocycles. The van der Waals surface area contributed by atoms with Gasteiger partial charge in [-0.2, -0.15) is 0 Å². The first-order chi connectivity index (χ1) is 8.72. The Labute approximate surface area is 109 Å². The van der Waals surface area contributed by atoms with Gasteiger partial charge in [0.1, 0.15) is 0 Å². The van der Waals surface area contributed by atoms with E-state index in [1.807, 2.05) is 0 Å². The lowest BCUT2D eigenvalue weighted by atomic mass is 9.81. The lowest BCUT2D eigenvalue weighted by Gasteiger charge is -2.31. The third kappa shape index (κ3) is 3.10. The molecule has 0 saturated heterocycles. The van der Waals surface area contributed by atoms with Crippen molar-refractivity contribution in [1.82, 2.24) is 5.32 Å². The molecule has 18 heavy (non-hydrogen) atoms. The van der Waals surface area contributed by atoms with Crippen LogP contribution >= 0.6 is 0 Å². The van der Waals surface area contributed by atoms with Gasteiger partial charge >= 0.3 is 0 Å². The monoisotopic (exact) mass is 249 g/mol. The van der Waals surface area contributed by atoms with Gasteiger partial charge in [0, 0.05) is 19.7 Å². The van der Waals surface area contributed by atoms with Gasteiger partial charge in [0.2, 0.25) is 0 Å². The summed E-state index contributed by atoms with van der Waals surface area (Å²) in [6, 6.07) is 8.99. The number of rotatable bonds is 5. The van der Waals surface area contributed by atoms with Crippen LogP contribution in [0.15, 0.2) is 24.3 Å². The zero-order chi connectivity index (χ0) is 13.0. The van der Waals surface area contributed by atoms with E-state index >= 15 is 0 Å². The number of aliphatic hydroxyl groups excluding tert-OH is 1. The lowest BCUT2D eigenvalue weighted by Crippen LogP contribution is -2.34. The summed E-state index contributed by atoms with van der Waals surface area (Å²) in [4.78, 5) is 0. The predicted molar refractivity (Wildman–Crippen MR) is 72.7 cm³/mol. The van der Waals surface area contributed by atoms with Crippen LogP contribution in [0.1, 0.15) is 42.9 Å². The van der Waals surface area contributed by atoms with Gasteiger partial charge in [-0.15, -0.1) is 0 Å². The molecule has 3 nitrogen and oxygen atoms in total. The first-order valence-corrected chi connectivity index (χ1v) is 6.71. The molecule has 0 bridgehead atoms. The average molecular weight is 249 g/mol. The molecule has 0 spiro atoms. The van der Waals surface area contributed by atoms with E-state index in [0.29, 0.717) is 25.1 Å². The zero-order valence-electron chi connectivity index (χ0n) is 11.2. The van der Waals surface area contributed by atoms with Crippen molar-refractivity contribution in [2.75, 3.05) is 20.3 Å². The maximum atomic E-state index is 9.69. The Hall–Kier alpha value is -0.900. The van der Waals surface area contributed by atoms with E-state index in [1.54, 1.807) is 7.11 Å². The number of hydrogen-bond donors (Lipinski definition) is 2. The molecular weight excluding hydrogens is 226 g/mol. The van der Waals surface area contributed by atoms with Gasteiger partial charge < -0.3 is 15.2 Å². The number of nitrogens with one attached hydrogen (secondary N) is 1. The molecule has 2 rings (SSSR count). The Kier molecular flexibility index (Phi) is 4.75. The summed E-state index contributed by atoms with van der Waals surface area (Å²) >= 11 is 0. The first kappa shape index (κ1) is 13.5. The molecule has 1 aromatic rings. The van der Waals surface area contributed by atoms with Crippen molar-refractivity contribution in [3.05, 3.63) is 35.4 Å². The van der Waals surface area contributed by atoms with Crippen molar-refractivity contribution >= 4 is 0 Å². The van der Waals surface area contributed by atoms with E-state index in [1.165, 1.54) is 17.5 Å². The number of aliphatic hydroxyl groups is 1. The van der Waals surface area contributed by atoms with Crippen LogP contribution in [-0.4, -0.2) is 31.5 Å². The third-order valence-electron chi connectivity index (χ3n) is 3.75. The van der Waals surface area contributed by atoms with Gasteiger partial charge in [-0.3, -0.25) is 0 Å². The second-order valence-corrected chi connectivity index (χ2v) is 5.18. The van der Waals surface area contributed by atoms with Gasteiger partial charge in [0.05, 0.1) is 12.7 Å². The highest BCUT2D eigenvalue weighted by Gasteiger charge is 2.24. The predicted octanol–water partition coefficient (Wildman–Crippen LogP) is 2.22. The molecule has 0 heterocycles. The zero-order valence-corrected chi connectivity index (χ0v) is 11.2. The third-order valence-corrected chi connectivity index (χ3v) is 3.75. The van der Waals surface area contributed by atoms with E-state index in [9.17, 15) is 5.11 Å². The van der Waals surface area contributed by atoms with Crippen LogP contribution < -0.4 is 5.32 Å². The molecule has 0 fully saturated rings. The number of methoxy groups -OCH3 is 1. The fourth-order valence-corrected chi connectivity index (χ4v) is 2.75. The van der Waals surface area contributed by atoms with Crippen molar-refractivity contribution in [1.29, 1.82) is 0 Å². The van der Waals surface area contributed by atoms with Crippen LogP contribution in [0.5, 0.6) is 0 Å². The Bertz CT molecular complexity index is 381. The van der Waals surface area contributed by atoms with Crippen LogP contribution in [0.25, 0.3) is 0 Å². The maximum absolute atomic E-state index is 9.69. The maximum Gasteiger partial charge on any atom is 0.0897 e. The van der Waals surface area contributed by atoms with Gasteiger partial charge in [-0.25, -0.2) is 0 Å². The van der Waals surface area contributed by atoms with Gasteiger partial charge in [-0.05, 0) is 29.9 Å². The molecule has 1 aliphatic rings. The number of fused-ring (bicyclic) bond motifs is 1. The lowest BCUT2D eigenvalue weighted by molar-refractivity contribution is 0.0622. The summed E-state index contributed by atoms with van der Waals surface area (Å²) in [5.74, 6) is 0.642. The highest BCUT2D eigenvalue weighted by molar-refractivity contribution is 5.34. The Morgan fingerprint density at radius 2 is 2.06 bits per heavy atom. The number of benzene rings is 1. The van der Waals surface area contributed by atoms with Crippen LogP contribution in [0.2, 0.25) is 0 Å². The van der Waals surface area contributed by atoms with Crippen LogP contribution in [0, 0.1) is 0 Å². The quantitative estimate of drug-likeness (QED) is 0.841. The molecule has 3 atom stereocenters. The highest BCUT2D eigenvalue weighted by atomic mass is 16.5. The molecule has 100 valence electrons. The van der Waals surface area contributed by atoms with Crippen LogP contribution in [-0.2, 0) is 4.74 Å². The summed E-state index contributed by atoms with van der Waals surface area (Å²) in [5, 5.41) is 13.1. The second-order valence-electron chi connectivity index (χ2n) is 5.18. The molecule has 0 aromatic heterocycles. The smallest absolute Gasteiger partial charge is 0.0897 e. The summed E-state index contributed by atoms with van der Waals surface area (Å²) in [5.41, 5.74) is 2.84. The van der Waals surface area contributed by atoms with E-state index in [2.05, 4.69) is 36.5 Å². The fourth-order valence-electron chi connectivity index (χ4n) is 2.75. The van der Waals surface area contributed by atoms with Crippen molar-refractivity contribution in [3.63, 3.8) is 0 Å². The number of ether oxygens (including phenoxy) is 1. The van der Waals surface area contributed by atoms with E-state index in [0.717, 1.165) is 6.42 Å². The summed E-state index contributed by atoms with van der Waals surface area (Å²) in [7, 11) is 1.61. The van der Waals surface area contributed by atoms with Gasteiger partial charge in [0.15, 0.2) is 0 Å². The Morgan fingerprint density at radius 1 is 1.33 bits per heavy atom. The van der Waals surface area contributed by atoms with Crippen molar-refractivity contribution in [3.8, 4) is 0 Å². The van der Waals surface area contributed by atoms with Crippen LogP contribution in [0.3, 0.4) is 0 Å². The molecule has 0 aliphatic heterocycles. The molecular formula is C15H23NO2. The highest BCUT2D eigenvalue weighted by Crippen LogP contribution is 2.36. The van der Waals surface area contributed by atoms with E-state index in [4.69, 9.17) is 4.74 Å². The first-order valence-electron chi connectivity index (χ1n) is 6.71. The SMILES string of the molecule is COCC(O)CNC1CCC(C)c2ccccc21. The Balaban J connectivity index is 2.00. The molecule has 3 heteroatoms. The molecule has 0 amide bonds. The van der Waals surface area contributed by atoms with Crippen molar-refractivity contribution in [2.45, 2.75) is 37.8 Å². The molecule has 2 N–H and O–H groups in total. The van der Waals surface area contributed by atoms with Crippen molar-refractivity contribution < 1.29 is 9.84 Å². The summed E-state index contributed by atoms with van der Waals surface area (Å²) in [6.45, 7) is 3.26. The normalized spacial score (nSPS) is 24.6. The van der Waals surface area contributed by atoms with E-state index < -0.39 is 6.10 Å². The minimum Gasteiger partial charge on any atom is -0.389 e. The van der Waals surface area contributed by atoms with Gasteiger partial charge in [-0.1, -0.05) is 31.2 Å². The topological polar surface area (TPSA) is 41.5 Å². The molecule has 1 aromatic carbocycles. The largest absolute Gasteiger partial charge is 0.389 e. The average Bonchev–Trinajstić information content (AvgIpc) is 2.39. The number of hydrogen-bond acceptors (Lipinski definition) is 3. The molecule has 0 saturated carbocycles. The minimum atomic E-state index is -0.429.